The third kappa shape index (κ3) is 4.89. The van der Waals surface area contributed by atoms with Crippen LogP contribution in [0.1, 0.15) is 25.8 Å². The molecule has 0 radical (unpaired) electrons. The molecule has 0 aliphatic carbocycles. The number of amides is 3. The van der Waals surface area contributed by atoms with Crippen molar-refractivity contribution in [2.45, 2.75) is 32.9 Å². The van der Waals surface area contributed by atoms with Gasteiger partial charge in [-0.25, -0.2) is 4.79 Å². The van der Waals surface area contributed by atoms with E-state index in [2.05, 4.69) is 10.6 Å². The largest absolute Gasteiger partial charge is 0.352 e. The molecule has 1 aromatic carbocycles. The number of hydrogen-bond acceptors (Lipinski definition) is 3. The van der Waals surface area contributed by atoms with Crippen LogP contribution in [0.5, 0.6) is 0 Å². The average molecular weight is 278 g/mol. The van der Waals surface area contributed by atoms with Gasteiger partial charge in [0.05, 0.1) is 6.04 Å². The zero-order chi connectivity index (χ0) is 15.1. The van der Waals surface area contributed by atoms with Crippen molar-refractivity contribution < 1.29 is 9.59 Å². The van der Waals surface area contributed by atoms with E-state index in [1.165, 1.54) is 0 Å². The van der Waals surface area contributed by atoms with E-state index in [-0.39, 0.29) is 11.8 Å². The predicted octanol–water partition coefficient (Wildman–Crippen LogP) is 1.17. The molecule has 6 heteroatoms. The van der Waals surface area contributed by atoms with Crippen LogP contribution in [0.25, 0.3) is 0 Å². The lowest BCUT2D eigenvalue weighted by Gasteiger charge is -2.17. The lowest BCUT2D eigenvalue weighted by molar-refractivity contribution is -0.118. The fourth-order valence-corrected chi connectivity index (χ4v) is 1.63. The van der Waals surface area contributed by atoms with Crippen molar-refractivity contribution in [3.8, 4) is 0 Å². The lowest BCUT2D eigenvalue weighted by atomic mass is 9.99. The number of hydrogen-bond donors (Lipinski definition) is 4. The standard InChI is InChI=1S/C14H22N4O2/c1-3-9(2)12(15)13(19)18-11-6-4-10(5-7-11)8-17-14(16)20/h4-7,9,12H,3,8,15H2,1-2H3,(H,18,19)(H3,16,17,20). The summed E-state index contributed by atoms with van der Waals surface area (Å²) in [5.74, 6) is -0.0589. The van der Waals surface area contributed by atoms with Crippen LogP contribution in [0.3, 0.4) is 0 Å². The molecule has 0 aliphatic rings. The van der Waals surface area contributed by atoms with E-state index in [0.717, 1.165) is 12.0 Å². The summed E-state index contributed by atoms with van der Waals surface area (Å²) in [4.78, 5) is 22.5. The highest BCUT2D eigenvalue weighted by Gasteiger charge is 2.19. The molecule has 0 saturated heterocycles. The fraction of sp³-hybridized carbons (Fsp3) is 0.429. The van der Waals surface area contributed by atoms with Crippen molar-refractivity contribution in [1.82, 2.24) is 5.32 Å². The lowest BCUT2D eigenvalue weighted by Crippen LogP contribution is -2.40. The first kappa shape index (κ1) is 16.0. The molecular formula is C14H22N4O2. The quantitative estimate of drug-likeness (QED) is 0.626. The number of nitrogens with two attached hydrogens (primary N) is 2. The number of urea groups is 1. The van der Waals surface area contributed by atoms with Gasteiger partial charge in [-0.3, -0.25) is 4.79 Å². The van der Waals surface area contributed by atoms with Gasteiger partial charge in [0, 0.05) is 12.2 Å². The van der Waals surface area contributed by atoms with Crippen molar-refractivity contribution >= 4 is 17.6 Å². The highest BCUT2D eigenvalue weighted by molar-refractivity contribution is 5.94. The Morgan fingerprint density at radius 1 is 1.25 bits per heavy atom. The highest BCUT2D eigenvalue weighted by atomic mass is 16.2. The van der Waals surface area contributed by atoms with E-state index in [1.54, 1.807) is 24.3 Å². The van der Waals surface area contributed by atoms with Crippen molar-refractivity contribution in [2.24, 2.45) is 17.4 Å². The highest BCUT2D eigenvalue weighted by Crippen LogP contribution is 2.12. The molecule has 2 atom stereocenters. The maximum absolute atomic E-state index is 11.9. The third-order valence-electron chi connectivity index (χ3n) is 3.25. The van der Waals surface area contributed by atoms with Gasteiger partial charge in [-0.15, -0.1) is 0 Å². The predicted molar refractivity (Wildman–Crippen MR) is 78.9 cm³/mol. The second-order valence-electron chi connectivity index (χ2n) is 4.82. The first-order valence-corrected chi connectivity index (χ1v) is 6.62. The summed E-state index contributed by atoms with van der Waals surface area (Å²) in [6.45, 7) is 4.30. The summed E-state index contributed by atoms with van der Waals surface area (Å²) in [5.41, 5.74) is 12.4. The minimum Gasteiger partial charge on any atom is -0.352 e. The summed E-state index contributed by atoms with van der Waals surface area (Å²) in [7, 11) is 0. The first-order chi connectivity index (χ1) is 9.43. The summed E-state index contributed by atoms with van der Waals surface area (Å²) in [5, 5.41) is 5.27. The van der Waals surface area contributed by atoms with Gasteiger partial charge in [-0.05, 0) is 23.6 Å². The molecule has 0 heterocycles. The number of rotatable bonds is 6. The van der Waals surface area contributed by atoms with Crippen molar-refractivity contribution in [2.75, 3.05) is 5.32 Å². The van der Waals surface area contributed by atoms with Crippen LogP contribution in [0, 0.1) is 5.92 Å². The molecule has 6 nitrogen and oxygen atoms in total. The van der Waals surface area contributed by atoms with Gasteiger partial charge in [-0.2, -0.15) is 0 Å². The topological polar surface area (TPSA) is 110 Å². The Bertz CT molecular complexity index is 459. The van der Waals surface area contributed by atoms with Gasteiger partial charge in [0.1, 0.15) is 0 Å². The minimum atomic E-state index is -0.568. The molecule has 0 aliphatic heterocycles. The normalized spacial score (nSPS) is 13.3. The molecule has 0 bridgehead atoms. The van der Waals surface area contributed by atoms with E-state index < -0.39 is 12.1 Å². The summed E-state index contributed by atoms with van der Waals surface area (Å²) in [6, 6.07) is 6.05. The summed E-state index contributed by atoms with van der Waals surface area (Å²) >= 11 is 0. The molecule has 6 N–H and O–H groups in total. The van der Waals surface area contributed by atoms with Gasteiger partial charge in [0.2, 0.25) is 5.91 Å². The van der Waals surface area contributed by atoms with Crippen LogP contribution in [-0.2, 0) is 11.3 Å². The summed E-state index contributed by atoms with van der Waals surface area (Å²) < 4.78 is 0. The van der Waals surface area contributed by atoms with Crippen molar-refractivity contribution in [3.63, 3.8) is 0 Å². The Hall–Kier alpha value is -2.08. The number of carbonyl (C=O) groups is 2. The Labute approximate surface area is 118 Å². The van der Waals surface area contributed by atoms with Crippen molar-refractivity contribution in [3.05, 3.63) is 29.8 Å². The minimum absolute atomic E-state index is 0.133. The molecule has 1 rings (SSSR count). The van der Waals surface area contributed by atoms with E-state index >= 15 is 0 Å². The van der Waals surface area contributed by atoms with Gasteiger partial charge in [0.25, 0.3) is 0 Å². The van der Waals surface area contributed by atoms with Crippen LogP contribution < -0.4 is 22.1 Å². The van der Waals surface area contributed by atoms with Gasteiger partial charge < -0.3 is 22.1 Å². The maximum atomic E-state index is 11.9. The van der Waals surface area contributed by atoms with Gasteiger partial charge in [0.15, 0.2) is 0 Å². The Kier molecular flexibility index (Phi) is 5.99. The van der Waals surface area contributed by atoms with E-state index in [4.69, 9.17) is 11.5 Å². The molecular weight excluding hydrogens is 256 g/mol. The molecule has 0 saturated carbocycles. The molecule has 3 amide bonds. The first-order valence-electron chi connectivity index (χ1n) is 6.62. The molecule has 1 aromatic rings. The number of primary amides is 1. The van der Waals surface area contributed by atoms with Crippen LogP contribution in [0.4, 0.5) is 10.5 Å². The maximum Gasteiger partial charge on any atom is 0.312 e. The Balaban J connectivity index is 2.56. The zero-order valence-corrected chi connectivity index (χ0v) is 11.8. The van der Waals surface area contributed by atoms with Crippen LogP contribution in [-0.4, -0.2) is 18.0 Å². The average Bonchev–Trinajstić information content (AvgIpc) is 2.44. The van der Waals surface area contributed by atoms with Crippen molar-refractivity contribution in [1.29, 1.82) is 0 Å². The third-order valence-corrected chi connectivity index (χ3v) is 3.25. The second-order valence-corrected chi connectivity index (χ2v) is 4.82. The van der Waals surface area contributed by atoms with Crippen LogP contribution in [0.2, 0.25) is 0 Å². The zero-order valence-electron chi connectivity index (χ0n) is 11.8. The molecule has 0 aromatic heterocycles. The molecule has 20 heavy (non-hydrogen) atoms. The van der Waals surface area contributed by atoms with Gasteiger partial charge in [-0.1, -0.05) is 32.4 Å². The van der Waals surface area contributed by atoms with E-state index in [9.17, 15) is 9.59 Å². The SMILES string of the molecule is CCC(C)C(N)C(=O)Nc1ccc(CNC(N)=O)cc1. The smallest absolute Gasteiger partial charge is 0.312 e. The molecule has 110 valence electrons. The van der Waals surface area contributed by atoms with E-state index in [0.29, 0.717) is 12.2 Å². The number of carbonyl (C=O) groups excluding carboxylic acids is 2. The fourth-order valence-electron chi connectivity index (χ4n) is 1.63. The molecule has 0 fully saturated rings. The second kappa shape index (κ2) is 7.49. The number of nitrogens with one attached hydrogen (secondary N) is 2. The monoisotopic (exact) mass is 278 g/mol. The molecule has 0 spiro atoms. The Morgan fingerprint density at radius 3 is 2.35 bits per heavy atom. The van der Waals surface area contributed by atoms with Gasteiger partial charge >= 0.3 is 6.03 Å². The number of anilines is 1. The number of benzene rings is 1. The summed E-state index contributed by atoms with van der Waals surface area (Å²) in [6.07, 6.45) is 0.853. The van der Waals surface area contributed by atoms with Crippen LogP contribution in [0.15, 0.2) is 24.3 Å². The van der Waals surface area contributed by atoms with Crippen LogP contribution >= 0.6 is 0 Å². The molecule has 2 unspecified atom stereocenters. The Morgan fingerprint density at radius 2 is 1.85 bits per heavy atom. The van der Waals surface area contributed by atoms with E-state index in [1.807, 2.05) is 13.8 Å².